The largest absolute Gasteiger partial charge is 0.391 e. The molecule has 0 aliphatic rings. The van der Waals surface area contributed by atoms with Gasteiger partial charge >= 0.3 is 6.18 Å². The van der Waals surface area contributed by atoms with Crippen molar-refractivity contribution >= 4 is 0 Å². The van der Waals surface area contributed by atoms with Crippen LogP contribution in [0.25, 0.3) is 0 Å². The fraction of sp³-hybridized carbons (Fsp3) is 1.00. The zero-order chi connectivity index (χ0) is 9.61. The van der Waals surface area contributed by atoms with Crippen LogP contribution in [0.1, 0.15) is 33.1 Å². The highest BCUT2D eigenvalue weighted by Gasteiger charge is 2.26. The van der Waals surface area contributed by atoms with Crippen LogP contribution in [0.5, 0.6) is 0 Å². The number of hydrogen-bond donors (Lipinski definition) is 0. The summed E-state index contributed by atoms with van der Waals surface area (Å²) < 4.78 is 39.8. The Bertz CT molecular complexity index is 111. The van der Waals surface area contributed by atoms with Gasteiger partial charge in [-0.15, -0.1) is 0 Å². The molecule has 0 amide bonds. The van der Waals surface area contributed by atoms with Gasteiger partial charge in [-0.05, 0) is 13.3 Å². The Kier molecular flexibility index (Phi) is 5.29. The maximum Gasteiger partial charge on any atom is 0.391 e. The van der Waals surface area contributed by atoms with E-state index in [1.165, 1.54) is 0 Å². The van der Waals surface area contributed by atoms with Crippen LogP contribution >= 0.6 is 0 Å². The van der Waals surface area contributed by atoms with E-state index in [1.807, 2.05) is 6.92 Å². The molecule has 0 radical (unpaired) electrons. The van der Waals surface area contributed by atoms with Crippen molar-refractivity contribution in [1.82, 2.24) is 0 Å². The molecule has 0 aliphatic heterocycles. The van der Waals surface area contributed by atoms with Gasteiger partial charge in [0.2, 0.25) is 0 Å². The van der Waals surface area contributed by atoms with E-state index in [1.54, 1.807) is 6.92 Å². The van der Waals surface area contributed by atoms with E-state index in [-0.39, 0.29) is 12.7 Å². The van der Waals surface area contributed by atoms with E-state index in [4.69, 9.17) is 4.74 Å². The van der Waals surface area contributed by atoms with Gasteiger partial charge < -0.3 is 4.74 Å². The summed E-state index contributed by atoms with van der Waals surface area (Å²) in [6, 6.07) is 0. The van der Waals surface area contributed by atoms with Gasteiger partial charge in [-0.25, -0.2) is 0 Å². The molecule has 12 heavy (non-hydrogen) atoms. The van der Waals surface area contributed by atoms with Gasteiger partial charge in [0, 0.05) is 0 Å². The van der Waals surface area contributed by atoms with Gasteiger partial charge in [0.1, 0.15) is 0 Å². The lowest BCUT2D eigenvalue weighted by Gasteiger charge is -2.12. The van der Waals surface area contributed by atoms with Crippen LogP contribution < -0.4 is 0 Å². The fourth-order valence-corrected chi connectivity index (χ4v) is 0.866. The zero-order valence-electron chi connectivity index (χ0n) is 7.45. The molecule has 0 saturated carbocycles. The molecule has 0 heterocycles. The highest BCUT2D eigenvalue weighted by atomic mass is 19.4. The number of alkyl halides is 3. The minimum atomic E-state index is -4.09. The van der Waals surface area contributed by atoms with E-state index < -0.39 is 12.6 Å². The van der Waals surface area contributed by atoms with Crippen molar-refractivity contribution in [2.45, 2.75) is 45.4 Å². The summed E-state index contributed by atoms with van der Waals surface area (Å²) in [6.07, 6.45) is -3.24. The molecule has 0 N–H and O–H groups in total. The summed E-state index contributed by atoms with van der Waals surface area (Å²) >= 11 is 0. The van der Waals surface area contributed by atoms with Crippen LogP contribution in [0, 0.1) is 0 Å². The van der Waals surface area contributed by atoms with Gasteiger partial charge in [0.05, 0.1) is 19.1 Å². The predicted octanol–water partition coefficient (Wildman–Crippen LogP) is 3.14. The quantitative estimate of drug-likeness (QED) is 0.637. The van der Waals surface area contributed by atoms with Crippen molar-refractivity contribution < 1.29 is 17.9 Å². The molecule has 74 valence electrons. The van der Waals surface area contributed by atoms with Gasteiger partial charge in [0.15, 0.2) is 0 Å². The topological polar surface area (TPSA) is 9.23 Å². The van der Waals surface area contributed by atoms with E-state index in [2.05, 4.69) is 0 Å². The van der Waals surface area contributed by atoms with Gasteiger partial charge in [-0.1, -0.05) is 13.3 Å². The second-order valence-corrected chi connectivity index (χ2v) is 2.84. The van der Waals surface area contributed by atoms with Crippen LogP contribution in [0.2, 0.25) is 0 Å². The smallest absolute Gasteiger partial charge is 0.378 e. The van der Waals surface area contributed by atoms with Crippen molar-refractivity contribution in [3.05, 3.63) is 0 Å². The lowest BCUT2D eigenvalue weighted by molar-refractivity contribution is -0.148. The summed E-state index contributed by atoms with van der Waals surface area (Å²) in [5, 5.41) is 0. The molecule has 4 heteroatoms. The average molecular weight is 184 g/mol. The van der Waals surface area contributed by atoms with Crippen molar-refractivity contribution in [2.75, 3.05) is 6.61 Å². The van der Waals surface area contributed by atoms with Gasteiger partial charge in [-0.3, -0.25) is 0 Å². The number of ether oxygens (including phenoxy) is 1. The summed E-state index contributed by atoms with van der Waals surface area (Å²) in [5.41, 5.74) is 0. The molecular formula is C8H15F3O. The van der Waals surface area contributed by atoms with Gasteiger partial charge in [0.25, 0.3) is 0 Å². The zero-order valence-corrected chi connectivity index (χ0v) is 7.45. The van der Waals surface area contributed by atoms with Crippen LogP contribution in [0.3, 0.4) is 0 Å². The molecule has 1 unspecified atom stereocenters. The Morgan fingerprint density at radius 1 is 1.33 bits per heavy atom. The van der Waals surface area contributed by atoms with Crippen LogP contribution in [0.4, 0.5) is 13.2 Å². The van der Waals surface area contributed by atoms with E-state index in [9.17, 15) is 13.2 Å². The molecule has 0 aromatic carbocycles. The minimum absolute atomic E-state index is 0.0580. The molecule has 0 fully saturated rings. The third-order valence-electron chi connectivity index (χ3n) is 1.48. The van der Waals surface area contributed by atoms with Crippen molar-refractivity contribution in [2.24, 2.45) is 0 Å². The van der Waals surface area contributed by atoms with Crippen LogP contribution in [0.15, 0.2) is 0 Å². The number of hydrogen-bond acceptors (Lipinski definition) is 1. The molecule has 0 spiro atoms. The second kappa shape index (κ2) is 5.41. The normalized spacial score (nSPS) is 14.8. The van der Waals surface area contributed by atoms with Crippen molar-refractivity contribution in [3.8, 4) is 0 Å². The first-order chi connectivity index (χ1) is 5.45. The first-order valence-electron chi connectivity index (χ1n) is 4.14. The summed E-state index contributed by atoms with van der Waals surface area (Å²) in [7, 11) is 0. The molecule has 0 aromatic heterocycles. The molecule has 0 aliphatic carbocycles. The standard InChI is InChI=1S/C8H15F3O/c1-3-4-7(2)12-6-5-8(9,10)11/h7H,3-6H2,1-2H3. The molecule has 0 bridgehead atoms. The Morgan fingerprint density at radius 3 is 2.33 bits per heavy atom. The molecule has 0 rings (SSSR count). The third-order valence-corrected chi connectivity index (χ3v) is 1.48. The Hall–Kier alpha value is -0.250. The monoisotopic (exact) mass is 184 g/mol. The molecule has 1 nitrogen and oxygen atoms in total. The first-order valence-corrected chi connectivity index (χ1v) is 4.14. The van der Waals surface area contributed by atoms with E-state index >= 15 is 0 Å². The SMILES string of the molecule is CCCC(C)OCCC(F)(F)F. The van der Waals surface area contributed by atoms with Crippen LogP contribution in [-0.4, -0.2) is 18.9 Å². The van der Waals surface area contributed by atoms with Crippen molar-refractivity contribution in [1.29, 1.82) is 0 Å². The van der Waals surface area contributed by atoms with E-state index in [0.717, 1.165) is 12.8 Å². The Labute approximate surface area is 70.9 Å². The maximum absolute atomic E-state index is 11.6. The highest BCUT2D eigenvalue weighted by molar-refractivity contribution is 4.52. The van der Waals surface area contributed by atoms with E-state index in [0.29, 0.717) is 0 Å². The second-order valence-electron chi connectivity index (χ2n) is 2.84. The lowest BCUT2D eigenvalue weighted by atomic mass is 10.2. The molecule has 1 atom stereocenters. The molecule has 0 saturated heterocycles. The fourth-order valence-electron chi connectivity index (χ4n) is 0.866. The van der Waals surface area contributed by atoms with Crippen molar-refractivity contribution in [3.63, 3.8) is 0 Å². The third kappa shape index (κ3) is 7.85. The molecular weight excluding hydrogens is 169 g/mol. The predicted molar refractivity (Wildman–Crippen MR) is 41.0 cm³/mol. The minimum Gasteiger partial charge on any atom is -0.378 e. The van der Waals surface area contributed by atoms with Crippen LogP contribution in [-0.2, 0) is 4.74 Å². The number of halogens is 3. The summed E-state index contributed by atoms with van der Waals surface area (Å²) in [4.78, 5) is 0. The van der Waals surface area contributed by atoms with Gasteiger partial charge in [-0.2, -0.15) is 13.2 Å². The molecule has 0 aromatic rings. The first kappa shape index (κ1) is 11.8. The highest BCUT2D eigenvalue weighted by Crippen LogP contribution is 2.19. The number of rotatable bonds is 5. The average Bonchev–Trinajstić information content (AvgIpc) is 1.84. The summed E-state index contributed by atoms with van der Waals surface area (Å²) in [6.45, 7) is 3.55. The Morgan fingerprint density at radius 2 is 1.92 bits per heavy atom. The lowest BCUT2D eigenvalue weighted by Crippen LogP contribution is -2.15. The summed E-state index contributed by atoms with van der Waals surface area (Å²) in [5.74, 6) is 0. The Balaban J connectivity index is 3.31. The maximum atomic E-state index is 11.6.